The summed E-state index contributed by atoms with van der Waals surface area (Å²) in [5, 5.41) is 4.13. The third kappa shape index (κ3) is 5.51. The van der Waals surface area contributed by atoms with Crippen LogP contribution in [0.2, 0.25) is 5.02 Å². The maximum atomic E-state index is 12.3. The molecule has 0 aliphatic heterocycles. The molecule has 0 bridgehead atoms. The van der Waals surface area contributed by atoms with E-state index in [1.165, 1.54) is 25.5 Å². The van der Waals surface area contributed by atoms with Crippen molar-refractivity contribution < 1.29 is 22.6 Å². The first-order chi connectivity index (χ1) is 12.9. The SMILES string of the molecule is CCOc1ccc(S(=O)(=O)N/N=C\c2cc(Cl)c(OC)c(OCC)c2)cc1. The minimum Gasteiger partial charge on any atom is -0.494 e. The summed E-state index contributed by atoms with van der Waals surface area (Å²) in [4.78, 5) is 2.24. The van der Waals surface area contributed by atoms with Crippen LogP contribution in [0.5, 0.6) is 17.2 Å². The number of sulfonamides is 1. The van der Waals surface area contributed by atoms with Gasteiger partial charge in [0.2, 0.25) is 0 Å². The zero-order valence-corrected chi connectivity index (χ0v) is 16.8. The molecule has 0 heterocycles. The molecule has 0 aliphatic carbocycles. The Morgan fingerprint density at radius 1 is 1.11 bits per heavy atom. The van der Waals surface area contributed by atoms with Crippen molar-refractivity contribution in [1.29, 1.82) is 0 Å². The van der Waals surface area contributed by atoms with E-state index in [2.05, 4.69) is 9.93 Å². The van der Waals surface area contributed by atoms with Crippen LogP contribution < -0.4 is 19.0 Å². The van der Waals surface area contributed by atoms with Gasteiger partial charge in [0.05, 0.1) is 36.5 Å². The minimum absolute atomic E-state index is 0.0749. The second-order valence-electron chi connectivity index (χ2n) is 5.22. The molecule has 0 atom stereocenters. The third-order valence-electron chi connectivity index (χ3n) is 3.37. The average molecular weight is 413 g/mol. The molecule has 0 amide bonds. The summed E-state index contributed by atoms with van der Waals surface area (Å²) >= 11 is 6.16. The summed E-state index contributed by atoms with van der Waals surface area (Å²) in [6, 6.07) is 9.31. The fourth-order valence-corrected chi connectivity index (χ4v) is 3.32. The summed E-state index contributed by atoms with van der Waals surface area (Å²) in [5.41, 5.74) is 0.554. The molecule has 9 heteroatoms. The lowest BCUT2D eigenvalue weighted by Crippen LogP contribution is -2.18. The fourth-order valence-electron chi connectivity index (χ4n) is 2.23. The highest BCUT2D eigenvalue weighted by atomic mass is 35.5. The van der Waals surface area contributed by atoms with Gasteiger partial charge in [-0.2, -0.15) is 13.5 Å². The summed E-state index contributed by atoms with van der Waals surface area (Å²) < 4.78 is 40.6. The van der Waals surface area contributed by atoms with Gasteiger partial charge in [-0.1, -0.05) is 11.6 Å². The van der Waals surface area contributed by atoms with Crippen molar-refractivity contribution in [3.8, 4) is 17.2 Å². The van der Waals surface area contributed by atoms with E-state index in [-0.39, 0.29) is 4.90 Å². The number of rotatable bonds is 9. The van der Waals surface area contributed by atoms with Gasteiger partial charge in [0, 0.05) is 0 Å². The van der Waals surface area contributed by atoms with Gasteiger partial charge in [-0.3, -0.25) is 0 Å². The van der Waals surface area contributed by atoms with E-state index in [0.717, 1.165) is 0 Å². The van der Waals surface area contributed by atoms with Crippen molar-refractivity contribution in [3.63, 3.8) is 0 Å². The molecule has 0 saturated carbocycles. The summed E-state index contributed by atoms with van der Waals surface area (Å²) in [7, 11) is -2.31. The molecule has 0 unspecified atom stereocenters. The van der Waals surface area contributed by atoms with Crippen molar-refractivity contribution in [1.82, 2.24) is 4.83 Å². The molecular weight excluding hydrogens is 392 g/mol. The van der Waals surface area contributed by atoms with E-state index < -0.39 is 10.0 Å². The molecule has 0 spiro atoms. The van der Waals surface area contributed by atoms with Crippen LogP contribution >= 0.6 is 11.6 Å². The molecular formula is C18H21ClN2O5S. The number of ether oxygens (including phenoxy) is 3. The third-order valence-corrected chi connectivity index (χ3v) is 4.89. The van der Waals surface area contributed by atoms with Crippen LogP contribution in [-0.4, -0.2) is 35.0 Å². The van der Waals surface area contributed by atoms with Gasteiger partial charge in [-0.25, -0.2) is 4.83 Å². The number of nitrogens with zero attached hydrogens (tertiary/aromatic N) is 1. The van der Waals surface area contributed by atoms with E-state index in [1.54, 1.807) is 24.3 Å². The minimum atomic E-state index is -3.80. The van der Waals surface area contributed by atoms with Crippen LogP contribution in [-0.2, 0) is 10.0 Å². The molecule has 2 rings (SSSR count). The van der Waals surface area contributed by atoms with Crippen LogP contribution in [0.4, 0.5) is 0 Å². The molecule has 2 aromatic carbocycles. The van der Waals surface area contributed by atoms with Gasteiger partial charge in [0.1, 0.15) is 5.75 Å². The number of hydrogen-bond donors (Lipinski definition) is 1. The molecule has 0 saturated heterocycles. The quantitative estimate of drug-likeness (QED) is 0.503. The van der Waals surface area contributed by atoms with Gasteiger partial charge < -0.3 is 14.2 Å². The van der Waals surface area contributed by atoms with Gasteiger partial charge >= 0.3 is 0 Å². The van der Waals surface area contributed by atoms with E-state index >= 15 is 0 Å². The second kappa shape index (κ2) is 9.48. The van der Waals surface area contributed by atoms with E-state index in [4.69, 9.17) is 25.8 Å². The lowest BCUT2D eigenvalue weighted by atomic mass is 10.2. The molecule has 0 radical (unpaired) electrons. The Bertz CT molecular complexity index is 899. The van der Waals surface area contributed by atoms with Crippen molar-refractivity contribution in [3.05, 3.63) is 47.0 Å². The molecule has 1 N–H and O–H groups in total. The van der Waals surface area contributed by atoms with E-state index in [1.807, 2.05) is 13.8 Å². The largest absolute Gasteiger partial charge is 0.494 e. The monoisotopic (exact) mass is 412 g/mol. The smallest absolute Gasteiger partial charge is 0.276 e. The number of nitrogens with one attached hydrogen (secondary N) is 1. The van der Waals surface area contributed by atoms with E-state index in [9.17, 15) is 8.42 Å². The van der Waals surface area contributed by atoms with Gasteiger partial charge in [0.15, 0.2) is 11.5 Å². The Labute approximate surface area is 163 Å². The van der Waals surface area contributed by atoms with Crippen LogP contribution in [0.25, 0.3) is 0 Å². The molecule has 7 nitrogen and oxygen atoms in total. The maximum absolute atomic E-state index is 12.3. The Kier molecular flexibility index (Phi) is 7.32. The van der Waals surface area contributed by atoms with E-state index in [0.29, 0.717) is 41.0 Å². The van der Waals surface area contributed by atoms with Crippen LogP contribution in [0.15, 0.2) is 46.4 Å². The zero-order valence-electron chi connectivity index (χ0n) is 15.2. The predicted molar refractivity (Wildman–Crippen MR) is 105 cm³/mol. The summed E-state index contributed by atoms with van der Waals surface area (Å²) in [6.07, 6.45) is 1.33. The number of benzene rings is 2. The fraction of sp³-hybridized carbons (Fsp3) is 0.278. The van der Waals surface area contributed by atoms with Gasteiger partial charge in [-0.05, 0) is 55.8 Å². The topological polar surface area (TPSA) is 86.2 Å². The Morgan fingerprint density at radius 2 is 1.78 bits per heavy atom. The van der Waals surface area contributed by atoms with Gasteiger partial charge in [-0.15, -0.1) is 0 Å². The number of halogens is 1. The predicted octanol–water partition coefficient (Wildman–Crippen LogP) is 3.46. The average Bonchev–Trinajstić information content (AvgIpc) is 2.62. The molecule has 0 aliphatic rings. The number of methoxy groups -OCH3 is 1. The Balaban J connectivity index is 2.16. The normalized spacial score (nSPS) is 11.4. The maximum Gasteiger partial charge on any atom is 0.276 e. The summed E-state index contributed by atoms with van der Waals surface area (Å²) in [5.74, 6) is 1.45. The van der Waals surface area contributed by atoms with Crippen molar-refractivity contribution in [2.75, 3.05) is 20.3 Å². The van der Waals surface area contributed by atoms with Crippen molar-refractivity contribution >= 4 is 27.8 Å². The second-order valence-corrected chi connectivity index (χ2v) is 7.29. The highest BCUT2D eigenvalue weighted by Gasteiger charge is 2.13. The lowest BCUT2D eigenvalue weighted by Gasteiger charge is -2.11. The highest BCUT2D eigenvalue weighted by molar-refractivity contribution is 7.89. The molecule has 146 valence electrons. The first-order valence-corrected chi connectivity index (χ1v) is 10.1. The standard InChI is InChI=1S/C18H21ClN2O5S/c1-4-25-14-6-8-15(9-7-14)27(22,23)21-20-12-13-10-16(19)18(24-3)17(11-13)26-5-2/h6-12,21H,4-5H2,1-3H3/b20-12-. The van der Waals surface area contributed by atoms with Crippen molar-refractivity contribution in [2.45, 2.75) is 18.7 Å². The van der Waals surface area contributed by atoms with Crippen LogP contribution in [0, 0.1) is 0 Å². The van der Waals surface area contributed by atoms with Crippen molar-refractivity contribution in [2.24, 2.45) is 5.10 Å². The molecule has 0 aromatic heterocycles. The first kappa shape index (κ1) is 20.9. The molecule has 27 heavy (non-hydrogen) atoms. The highest BCUT2D eigenvalue weighted by Crippen LogP contribution is 2.35. The lowest BCUT2D eigenvalue weighted by molar-refractivity contribution is 0.311. The first-order valence-electron chi connectivity index (χ1n) is 8.19. The van der Waals surface area contributed by atoms with Crippen LogP contribution in [0.1, 0.15) is 19.4 Å². The number of hydrogen-bond acceptors (Lipinski definition) is 6. The number of hydrazone groups is 1. The summed E-state index contributed by atoms with van der Waals surface area (Å²) in [6.45, 7) is 4.61. The molecule has 2 aromatic rings. The molecule has 0 fully saturated rings. The van der Waals surface area contributed by atoms with Gasteiger partial charge in [0.25, 0.3) is 10.0 Å². The Hall–Kier alpha value is -2.45. The Morgan fingerprint density at radius 3 is 2.37 bits per heavy atom. The van der Waals surface area contributed by atoms with Crippen LogP contribution in [0.3, 0.4) is 0 Å². The zero-order chi connectivity index (χ0) is 19.9.